The fraction of sp³-hybridized carbons (Fsp3) is 0.675. The lowest BCUT2D eigenvalue weighted by Crippen LogP contribution is -2.30. The number of hydrogen-bond acceptors (Lipinski definition) is 6. The number of unbranched alkanes of at least 4 members (excludes halogenated alkanes) is 29. The Kier molecular flexibility index (Phi) is 66.3. The molecule has 0 N–H and O–H groups in total. The molecule has 0 aromatic carbocycles. The number of allylic oxidation sites excluding steroid dienone is 22. The lowest BCUT2D eigenvalue weighted by Gasteiger charge is -2.18. The summed E-state index contributed by atoms with van der Waals surface area (Å²) in [5, 5.41) is 0. The van der Waals surface area contributed by atoms with E-state index < -0.39 is 6.10 Å². The molecule has 0 bridgehead atoms. The molecule has 83 heavy (non-hydrogen) atoms. The molecule has 0 saturated heterocycles. The van der Waals surface area contributed by atoms with Crippen LogP contribution in [0.15, 0.2) is 134 Å². The van der Waals surface area contributed by atoms with Gasteiger partial charge in [0.25, 0.3) is 0 Å². The first-order valence-corrected chi connectivity index (χ1v) is 34.7. The van der Waals surface area contributed by atoms with Crippen molar-refractivity contribution in [1.82, 2.24) is 0 Å². The van der Waals surface area contributed by atoms with Gasteiger partial charge in [-0.15, -0.1) is 0 Å². The minimum absolute atomic E-state index is 0.102. The van der Waals surface area contributed by atoms with Crippen molar-refractivity contribution in [3.63, 3.8) is 0 Å². The van der Waals surface area contributed by atoms with Crippen molar-refractivity contribution < 1.29 is 28.6 Å². The first-order valence-electron chi connectivity index (χ1n) is 34.7. The van der Waals surface area contributed by atoms with Crippen LogP contribution in [0.2, 0.25) is 0 Å². The zero-order chi connectivity index (χ0) is 59.9. The first kappa shape index (κ1) is 78.5. The van der Waals surface area contributed by atoms with Crippen LogP contribution >= 0.6 is 0 Å². The average Bonchev–Trinajstić information content (AvgIpc) is 3.49. The lowest BCUT2D eigenvalue weighted by atomic mass is 10.0. The predicted octanol–water partition coefficient (Wildman–Crippen LogP) is 24.1. The molecule has 6 heteroatoms. The predicted molar refractivity (Wildman–Crippen MR) is 362 cm³/mol. The Bertz CT molecular complexity index is 1750. The van der Waals surface area contributed by atoms with Gasteiger partial charge in [0.1, 0.15) is 13.2 Å². The number of carbonyl (C=O) groups is 3. The van der Waals surface area contributed by atoms with Crippen LogP contribution in [0.5, 0.6) is 0 Å². The quantitative estimate of drug-likeness (QED) is 0.0261. The van der Waals surface area contributed by atoms with E-state index in [1.54, 1.807) is 0 Å². The molecular weight excluding hydrogens is 1020 g/mol. The van der Waals surface area contributed by atoms with E-state index in [9.17, 15) is 14.4 Å². The molecule has 0 rings (SSSR count). The summed E-state index contributed by atoms with van der Waals surface area (Å²) in [6, 6.07) is 0. The van der Waals surface area contributed by atoms with Crippen LogP contribution in [0.1, 0.15) is 316 Å². The summed E-state index contributed by atoms with van der Waals surface area (Å²) < 4.78 is 16.9. The standard InChI is InChI=1S/C77H128O6/c1-4-7-10-13-16-19-22-25-28-30-32-34-36-37-38-39-41-42-44-46-49-52-55-58-61-64-67-70-76(79)82-73-74(72-81-75(78)69-66-63-60-57-54-51-48-27-24-21-18-15-12-9-6-3)83-77(80)71-68-65-62-59-56-53-50-47-45-43-40-35-33-31-29-26-23-20-17-14-11-8-5-2/h7,9-10,12,16,18-19,21,25,27-28,32,34,37-38,41-42,46,48-49,55,58,74H,4-6,8,11,13-15,17,20,22-24,26,29-31,33,35-36,39-40,43-45,47,50-54,56-57,59-73H2,1-3H3/b10-7-,12-9-,19-16-,21-18-,28-25-,34-32-,38-37-,42-41-,48-27-,49-46-,58-55-. The molecule has 0 saturated carbocycles. The normalized spacial score (nSPS) is 13.0. The molecule has 0 fully saturated rings. The number of esters is 3. The highest BCUT2D eigenvalue weighted by Crippen LogP contribution is 2.17. The van der Waals surface area contributed by atoms with Gasteiger partial charge in [0.2, 0.25) is 0 Å². The largest absolute Gasteiger partial charge is 0.462 e. The molecule has 1 atom stereocenters. The minimum Gasteiger partial charge on any atom is -0.462 e. The molecule has 6 nitrogen and oxygen atoms in total. The highest BCUT2D eigenvalue weighted by atomic mass is 16.6. The SMILES string of the molecule is CC/C=C\C/C=C\C/C=C\C/C=C\C/C=C\C/C=C\C/C=C\C/C=C\CCCCC(=O)OCC(COC(=O)CCCCCCC/C=C\C/C=C\C/C=C\CC)OC(=O)CCCCCCCCCCCCCCCCCCCCCCCCC. The highest BCUT2D eigenvalue weighted by Gasteiger charge is 2.19. The molecule has 0 aliphatic rings. The molecule has 0 aromatic rings. The maximum atomic E-state index is 13.0. The van der Waals surface area contributed by atoms with Crippen LogP contribution in [-0.2, 0) is 28.6 Å². The second-order valence-electron chi connectivity index (χ2n) is 22.7. The Labute approximate surface area is 513 Å². The Morgan fingerprint density at radius 3 is 0.759 bits per heavy atom. The molecule has 0 heterocycles. The monoisotopic (exact) mass is 1150 g/mol. The van der Waals surface area contributed by atoms with Gasteiger partial charge in [-0.05, 0) is 116 Å². The summed E-state index contributed by atoms with van der Waals surface area (Å²) in [7, 11) is 0. The van der Waals surface area contributed by atoms with Gasteiger partial charge in [-0.3, -0.25) is 14.4 Å². The fourth-order valence-electron chi connectivity index (χ4n) is 9.53. The van der Waals surface area contributed by atoms with Gasteiger partial charge in [-0.25, -0.2) is 0 Å². The summed E-state index contributed by atoms with van der Waals surface area (Å²) in [5.74, 6) is -0.954. The highest BCUT2D eigenvalue weighted by molar-refractivity contribution is 5.71. The van der Waals surface area contributed by atoms with Gasteiger partial charge in [0, 0.05) is 19.3 Å². The van der Waals surface area contributed by atoms with E-state index in [1.165, 1.54) is 128 Å². The number of rotatable bonds is 62. The molecule has 0 radical (unpaired) electrons. The van der Waals surface area contributed by atoms with Crippen molar-refractivity contribution in [3.8, 4) is 0 Å². The van der Waals surface area contributed by atoms with E-state index >= 15 is 0 Å². The second kappa shape index (κ2) is 70.0. The lowest BCUT2D eigenvalue weighted by molar-refractivity contribution is -0.167. The Morgan fingerprint density at radius 1 is 0.253 bits per heavy atom. The summed E-state index contributed by atoms with van der Waals surface area (Å²) >= 11 is 0. The smallest absolute Gasteiger partial charge is 0.306 e. The van der Waals surface area contributed by atoms with Crippen molar-refractivity contribution in [1.29, 1.82) is 0 Å². The van der Waals surface area contributed by atoms with E-state index in [0.717, 1.165) is 141 Å². The second-order valence-corrected chi connectivity index (χ2v) is 22.7. The molecule has 0 amide bonds. The van der Waals surface area contributed by atoms with E-state index in [4.69, 9.17) is 14.2 Å². The summed E-state index contributed by atoms with van der Waals surface area (Å²) in [6.07, 6.45) is 99.0. The topological polar surface area (TPSA) is 78.9 Å². The Hall–Kier alpha value is -4.45. The third-order valence-corrected chi connectivity index (χ3v) is 14.7. The molecule has 1 unspecified atom stereocenters. The van der Waals surface area contributed by atoms with Crippen molar-refractivity contribution in [2.75, 3.05) is 13.2 Å². The van der Waals surface area contributed by atoms with Crippen LogP contribution < -0.4 is 0 Å². The molecule has 472 valence electrons. The van der Waals surface area contributed by atoms with E-state index in [0.29, 0.717) is 25.7 Å². The molecule has 0 aromatic heterocycles. The van der Waals surface area contributed by atoms with Crippen LogP contribution in [-0.4, -0.2) is 37.2 Å². The van der Waals surface area contributed by atoms with Crippen LogP contribution in [0.3, 0.4) is 0 Å². The average molecular weight is 1150 g/mol. The van der Waals surface area contributed by atoms with Crippen molar-refractivity contribution in [3.05, 3.63) is 134 Å². The zero-order valence-corrected chi connectivity index (χ0v) is 54.2. The van der Waals surface area contributed by atoms with E-state index in [-0.39, 0.29) is 31.1 Å². The Balaban J connectivity index is 4.43. The zero-order valence-electron chi connectivity index (χ0n) is 54.2. The molecule has 0 spiro atoms. The summed E-state index contributed by atoms with van der Waals surface area (Å²) in [6.45, 7) is 6.39. The van der Waals surface area contributed by atoms with Gasteiger partial charge >= 0.3 is 17.9 Å². The Morgan fingerprint density at radius 2 is 0.470 bits per heavy atom. The van der Waals surface area contributed by atoms with Gasteiger partial charge in [0.05, 0.1) is 0 Å². The third-order valence-electron chi connectivity index (χ3n) is 14.7. The van der Waals surface area contributed by atoms with Crippen molar-refractivity contribution >= 4 is 17.9 Å². The first-order chi connectivity index (χ1) is 41.0. The molecule has 0 aliphatic heterocycles. The van der Waals surface area contributed by atoms with Crippen LogP contribution in [0.4, 0.5) is 0 Å². The van der Waals surface area contributed by atoms with E-state index in [2.05, 4.69) is 154 Å². The number of hydrogen-bond donors (Lipinski definition) is 0. The van der Waals surface area contributed by atoms with Crippen molar-refractivity contribution in [2.45, 2.75) is 322 Å². The summed E-state index contributed by atoms with van der Waals surface area (Å²) in [4.78, 5) is 38.4. The minimum atomic E-state index is -0.809. The fourth-order valence-corrected chi connectivity index (χ4v) is 9.53. The molecular formula is C77H128O6. The van der Waals surface area contributed by atoms with Crippen molar-refractivity contribution in [2.24, 2.45) is 0 Å². The van der Waals surface area contributed by atoms with E-state index in [1.807, 2.05) is 0 Å². The van der Waals surface area contributed by atoms with Gasteiger partial charge in [-0.1, -0.05) is 315 Å². The van der Waals surface area contributed by atoms with Gasteiger partial charge < -0.3 is 14.2 Å². The number of ether oxygens (including phenoxy) is 3. The third kappa shape index (κ3) is 68.2. The maximum Gasteiger partial charge on any atom is 0.306 e. The molecule has 0 aliphatic carbocycles. The van der Waals surface area contributed by atoms with Gasteiger partial charge in [-0.2, -0.15) is 0 Å². The summed E-state index contributed by atoms with van der Waals surface area (Å²) in [5.41, 5.74) is 0. The van der Waals surface area contributed by atoms with Gasteiger partial charge in [0.15, 0.2) is 6.10 Å². The number of carbonyl (C=O) groups excluding carboxylic acids is 3. The van der Waals surface area contributed by atoms with Crippen LogP contribution in [0.25, 0.3) is 0 Å². The maximum absolute atomic E-state index is 13.0. The van der Waals surface area contributed by atoms with Crippen LogP contribution in [0, 0.1) is 0 Å².